The molecule has 1 heterocycles. The maximum Gasteiger partial charge on any atom is 0.414 e. The van der Waals surface area contributed by atoms with Crippen LogP contribution in [0.25, 0.3) is 0 Å². The molecule has 94 valence electrons. The van der Waals surface area contributed by atoms with Gasteiger partial charge >= 0.3 is 6.09 Å². The van der Waals surface area contributed by atoms with Gasteiger partial charge in [-0.3, -0.25) is 9.69 Å². The molecule has 0 spiro atoms. The van der Waals surface area contributed by atoms with E-state index < -0.39 is 12.1 Å². The van der Waals surface area contributed by atoms with Crippen molar-refractivity contribution in [1.82, 2.24) is 0 Å². The van der Waals surface area contributed by atoms with Crippen LogP contribution in [0, 0.1) is 0 Å². The first kappa shape index (κ1) is 12.6. The van der Waals surface area contributed by atoms with Gasteiger partial charge in [0.1, 0.15) is 0 Å². The van der Waals surface area contributed by atoms with Crippen LogP contribution in [0.1, 0.15) is 16.8 Å². The monoisotopic (exact) mass is 265 g/mol. The highest BCUT2D eigenvalue weighted by Crippen LogP contribution is 2.33. The van der Waals surface area contributed by atoms with E-state index in [4.69, 9.17) is 16.3 Å². The van der Waals surface area contributed by atoms with Gasteiger partial charge in [0.25, 0.3) is 0 Å². The number of amides is 1. The second kappa shape index (κ2) is 4.82. The number of methoxy groups -OCH3 is 1. The Kier molecular flexibility index (Phi) is 3.39. The van der Waals surface area contributed by atoms with E-state index in [-0.39, 0.29) is 12.2 Å². The lowest BCUT2D eigenvalue weighted by Gasteiger charge is -2.33. The normalized spacial score (nSPS) is 18.2. The van der Waals surface area contributed by atoms with Crippen LogP contribution in [0.5, 0.6) is 0 Å². The lowest BCUT2D eigenvalue weighted by molar-refractivity contribution is 0.0971. The second-order valence-corrected chi connectivity index (χ2v) is 4.37. The molecule has 1 unspecified atom stereocenters. The minimum absolute atomic E-state index is 0.0578. The van der Waals surface area contributed by atoms with Crippen LogP contribution >= 0.6 is 11.6 Å². The summed E-state index contributed by atoms with van der Waals surface area (Å²) in [5.41, 5.74) is 0.943. The maximum absolute atomic E-state index is 12.0. The summed E-state index contributed by atoms with van der Waals surface area (Å²) in [5.74, 6) is -0.0578. The van der Waals surface area contributed by atoms with Crippen LogP contribution in [-0.4, -0.2) is 25.0 Å². The van der Waals surface area contributed by atoms with Crippen molar-refractivity contribution in [1.29, 1.82) is 0 Å². The summed E-state index contributed by atoms with van der Waals surface area (Å²) in [4.78, 5) is 25.2. The number of nitrogens with zero attached hydrogens (tertiary/aromatic N) is 1. The van der Waals surface area contributed by atoms with Crippen molar-refractivity contribution in [2.24, 2.45) is 0 Å². The van der Waals surface area contributed by atoms with Crippen molar-refractivity contribution >= 4 is 29.2 Å². The molecule has 1 aliphatic heterocycles. The number of hydrogen-bond acceptors (Lipinski definition) is 3. The number of rotatable bonds is 1. The zero-order valence-electron chi connectivity index (χ0n) is 9.85. The van der Waals surface area contributed by atoms with E-state index in [0.717, 1.165) is 0 Å². The molecule has 5 heteroatoms. The number of ether oxygens (including phenoxy) is 1. The van der Waals surface area contributed by atoms with Gasteiger partial charge < -0.3 is 4.74 Å². The SMILES string of the molecule is C=CC1CC(=O)c2cc(Cl)ccc2N1C(=O)OC. The first-order valence-corrected chi connectivity index (χ1v) is 5.78. The van der Waals surface area contributed by atoms with E-state index >= 15 is 0 Å². The molecule has 0 radical (unpaired) electrons. The summed E-state index contributed by atoms with van der Waals surface area (Å²) in [6.45, 7) is 3.65. The molecular formula is C13H12ClNO3. The van der Waals surface area contributed by atoms with Crippen LogP contribution in [0.3, 0.4) is 0 Å². The molecule has 2 rings (SSSR count). The van der Waals surface area contributed by atoms with E-state index in [1.165, 1.54) is 12.0 Å². The smallest absolute Gasteiger partial charge is 0.414 e. The number of Topliss-reactive ketones (excluding diaryl/α,β-unsaturated/α-hetero) is 1. The van der Waals surface area contributed by atoms with Crippen LogP contribution in [-0.2, 0) is 4.74 Å². The fourth-order valence-corrected chi connectivity index (χ4v) is 2.20. The van der Waals surface area contributed by atoms with Gasteiger partial charge in [0.05, 0.1) is 18.8 Å². The standard InChI is InChI=1S/C13H12ClNO3/c1-3-9-7-12(16)10-6-8(14)4-5-11(10)15(9)13(17)18-2/h3-6,9H,1,7H2,2H3. The lowest BCUT2D eigenvalue weighted by atomic mass is 9.95. The first-order valence-electron chi connectivity index (χ1n) is 5.41. The molecule has 1 aromatic carbocycles. The zero-order chi connectivity index (χ0) is 13.3. The quantitative estimate of drug-likeness (QED) is 0.733. The molecule has 18 heavy (non-hydrogen) atoms. The Bertz CT molecular complexity index is 527. The molecule has 0 aliphatic carbocycles. The van der Waals surface area contributed by atoms with E-state index in [0.29, 0.717) is 16.3 Å². The Morgan fingerprint density at radius 2 is 2.33 bits per heavy atom. The summed E-state index contributed by atoms with van der Waals surface area (Å²) in [6.07, 6.45) is 1.23. The molecule has 0 aromatic heterocycles. The summed E-state index contributed by atoms with van der Waals surface area (Å²) in [5, 5.41) is 0.462. The molecule has 0 saturated carbocycles. The van der Waals surface area contributed by atoms with Gasteiger partial charge in [-0.05, 0) is 18.2 Å². The molecule has 0 bridgehead atoms. The fourth-order valence-electron chi connectivity index (χ4n) is 2.03. The van der Waals surface area contributed by atoms with E-state index in [2.05, 4.69) is 6.58 Å². The van der Waals surface area contributed by atoms with Gasteiger partial charge in [0.2, 0.25) is 0 Å². The molecule has 1 aromatic rings. The highest BCUT2D eigenvalue weighted by molar-refractivity contribution is 6.31. The number of carbonyl (C=O) groups is 2. The fraction of sp³-hybridized carbons (Fsp3) is 0.231. The number of carbonyl (C=O) groups excluding carboxylic acids is 2. The number of ketones is 1. The summed E-state index contributed by atoms with van der Waals surface area (Å²) in [6, 6.07) is 4.45. The number of fused-ring (bicyclic) bond motifs is 1. The van der Waals surface area contributed by atoms with Crippen molar-refractivity contribution in [2.45, 2.75) is 12.5 Å². The van der Waals surface area contributed by atoms with Crippen molar-refractivity contribution in [2.75, 3.05) is 12.0 Å². The van der Waals surface area contributed by atoms with Crippen LogP contribution < -0.4 is 4.90 Å². The summed E-state index contributed by atoms with van der Waals surface area (Å²) < 4.78 is 4.74. The van der Waals surface area contributed by atoms with Crippen molar-refractivity contribution < 1.29 is 14.3 Å². The topological polar surface area (TPSA) is 46.6 Å². The van der Waals surface area contributed by atoms with Gasteiger partial charge in [-0.2, -0.15) is 0 Å². The van der Waals surface area contributed by atoms with Gasteiger partial charge in [-0.15, -0.1) is 6.58 Å². The molecule has 1 aliphatic rings. The molecule has 0 saturated heterocycles. The van der Waals surface area contributed by atoms with Gasteiger partial charge in [-0.1, -0.05) is 17.7 Å². The van der Waals surface area contributed by atoms with Gasteiger partial charge in [-0.25, -0.2) is 4.79 Å². The summed E-state index contributed by atoms with van der Waals surface area (Å²) >= 11 is 5.87. The molecule has 0 N–H and O–H groups in total. The van der Waals surface area contributed by atoms with Crippen molar-refractivity contribution in [3.8, 4) is 0 Å². The molecule has 4 nitrogen and oxygen atoms in total. The van der Waals surface area contributed by atoms with Gasteiger partial charge in [0.15, 0.2) is 5.78 Å². The number of halogens is 1. The van der Waals surface area contributed by atoms with Gasteiger partial charge in [0, 0.05) is 17.0 Å². The second-order valence-electron chi connectivity index (χ2n) is 3.93. The summed E-state index contributed by atoms with van der Waals surface area (Å²) in [7, 11) is 1.30. The Labute approximate surface area is 110 Å². The predicted octanol–water partition coefficient (Wildman–Crippen LogP) is 3.05. The number of hydrogen-bond donors (Lipinski definition) is 0. The Balaban J connectivity index is 2.57. The zero-order valence-corrected chi connectivity index (χ0v) is 10.6. The maximum atomic E-state index is 12.0. The number of anilines is 1. The van der Waals surface area contributed by atoms with E-state index in [1.807, 2.05) is 0 Å². The highest BCUT2D eigenvalue weighted by Gasteiger charge is 2.34. The van der Waals surface area contributed by atoms with Crippen LogP contribution in [0.4, 0.5) is 10.5 Å². The number of benzene rings is 1. The Morgan fingerprint density at radius 3 is 2.94 bits per heavy atom. The van der Waals surface area contributed by atoms with E-state index in [9.17, 15) is 9.59 Å². The predicted molar refractivity (Wildman–Crippen MR) is 69.3 cm³/mol. The Hall–Kier alpha value is -1.81. The Morgan fingerprint density at radius 1 is 1.61 bits per heavy atom. The molecule has 1 amide bonds. The minimum atomic E-state index is -0.518. The minimum Gasteiger partial charge on any atom is -0.452 e. The molecular weight excluding hydrogens is 254 g/mol. The first-order chi connectivity index (χ1) is 8.58. The third-order valence-electron chi connectivity index (χ3n) is 2.89. The lowest BCUT2D eigenvalue weighted by Crippen LogP contribution is -2.44. The van der Waals surface area contributed by atoms with E-state index in [1.54, 1.807) is 24.3 Å². The molecule has 0 fully saturated rings. The van der Waals surface area contributed by atoms with Crippen molar-refractivity contribution in [3.05, 3.63) is 41.4 Å². The molecule has 1 atom stereocenters. The van der Waals surface area contributed by atoms with Crippen molar-refractivity contribution in [3.63, 3.8) is 0 Å². The largest absolute Gasteiger partial charge is 0.452 e. The average molecular weight is 266 g/mol. The van der Waals surface area contributed by atoms with Crippen LogP contribution in [0.2, 0.25) is 5.02 Å². The third kappa shape index (κ3) is 1.99. The highest BCUT2D eigenvalue weighted by atomic mass is 35.5. The van der Waals surface area contributed by atoms with Crippen LogP contribution in [0.15, 0.2) is 30.9 Å². The average Bonchev–Trinajstić information content (AvgIpc) is 2.38. The third-order valence-corrected chi connectivity index (χ3v) is 3.12.